The Morgan fingerprint density at radius 3 is 0.929 bits per heavy atom. The quantitative estimate of drug-likeness (QED) is 0.0621. The Bertz CT molecular complexity index is 2290. The Hall–Kier alpha value is -0.880. The van der Waals surface area contributed by atoms with Crippen LogP contribution >= 0.6 is 129 Å². The molecule has 0 fully saturated rings. The first-order valence-electron chi connectivity index (χ1n) is 22.9. The van der Waals surface area contributed by atoms with E-state index >= 15 is 0 Å². The first-order chi connectivity index (χ1) is 32.7. The summed E-state index contributed by atoms with van der Waals surface area (Å²) in [4.78, 5) is 51.2. The Balaban J connectivity index is 1.43. The molecule has 9 rings (SSSR count). The molecule has 0 N–H and O–H groups in total. The summed E-state index contributed by atoms with van der Waals surface area (Å²) in [7, 11) is 0. The largest absolute Gasteiger partial charge is 0.465 e. The topological polar surface area (TPSA) is 116 Å². The van der Waals surface area contributed by atoms with Gasteiger partial charge in [-0.05, 0) is 87.3 Å². The molecule has 0 bridgehead atoms. The van der Waals surface area contributed by atoms with Crippen LogP contribution in [0.5, 0.6) is 23.0 Å². The second kappa shape index (κ2) is 19.6. The smallest absolute Gasteiger partial charge is 0.316 e. The predicted molar refractivity (Wildman–Crippen MR) is 296 cm³/mol. The third-order valence-electron chi connectivity index (χ3n) is 10.7. The van der Waals surface area contributed by atoms with Crippen LogP contribution in [0.2, 0.25) is 0 Å². The van der Waals surface area contributed by atoms with Crippen molar-refractivity contribution in [2.45, 2.75) is 186 Å². The van der Waals surface area contributed by atoms with Gasteiger partial charge in [-0.25, -0.2) is 0 Å². The van der Waals surface area contributed by atoms with Gasteiger partial charge in [-0.2, -0.15) is 0 Å². The zero-order valence-electron chi connectivity index (χ0n) is 41.8. The molecular weight excluding hydrogens is 1100 g/mol. The number of esters is 3. The van der Waals surface area contributed by atoms with Crippen LogP contribution in [0, 0.1) is 5.92 Å². The molecule has 1 radical (unpaired) electrons. The number of benzene rings is 3. The van der Waals surface area contributed by atoms with Crippen LogP contribution in [0.1, 0.15) is 121 Å². The Morgan fingerprint density at radius 1 is 0.386 bits per heavy atom. The van der Waals surface area contributed by atoms with E-state index in [0.717, 1.165) is 66.0 Å². The van der Waals surface area contributed by atoms with Crippen molar-refractivity contribution < 1.29 is 47.5 Å². The van der Waals surface area contributed by atoms with Gasteiger partial charge in [0.2, 0.25) is 11.6 Å². The predicted octanol–water partition coefficient (Wildman–Crippen LogP) is 15.4. The third kappa shape index (κ3) is 10.5. The van der Waals surface area contributed by atoms with Gasteiger partial charge in [-0.3, -0.25) is 14.4 Å². The average molecular weight is 1160 g/mol. The zero-order chi connectivity index (χ0) is 50.7. The van der Waals surface area contributed by atoms with Crippen LogP contribution in [-0.2, 0) is 28.6 Å². The summed E-state index contributed by atoms with van der Waals surface area (Å²) in [5.74, 6) is 0.226. The number of fused-ring (bicyclic) bond motifs is 6. The van der Waals surface area contributed by atoms with E-state index in [4.69, 9.17) is 33.2 Å². The monoisotopic (exact) mass is 1160 g/mol. The number of carbonyl (C=O) groups is 3. The molecule has 0 spiro atoms. The summed E-state index contributed by atoms with van der Waals surface area (Å²) in [6.45, 7) is 32.1. The normalized spacial score (nSPS) is 20.3. The minimum atomic E-state index is -1.11. The summed E-state index contributed by atoms with van der Waals surface area (Å²) < 4.78 is 43.4. The molecule has 0 saturated heterocycles. The van der Waals surface area contributed by atoms with E-state index in [1.807, 2.05) is 136 Å². The molecule has 3 aromatic carbocycles. The molecule has 3 aromatic rings. The molecular formula is C49H57O10S11. The van der Waals surface area contributed by atoms with Crippen molar-refractivity contribution in [3.8, 4) is 23.0 Å². The van der Waals surface area contributed by atoms with Crippen LogP contribution in [0.4, 0.5) is 0 Å². The molecule has 0 atom stereocenters. The Kier molecular flexibility index (Phi) is 15.1. The van der Waals surface area contributed by atoms with Crippen molar-refractivity contribution in [3.63, 3.8) is 0 Å². The van der Waals surface area contributed by atoms with Crippen LogP contribution < -0.4 is 18.9 Å². The second-order valence-corrected chi connectivity index (χ2v) is 36.4. The first-order valence-corrected chi connectivity index (χ1v) is 32.4. The fraction of sp³-hybridized carbons (Fsp3) is 0.551. The van der Waals surface area contributed by atoms with Gasteiger partial charge in [-0.1, -0.05) is 0 Å². The molecule has 6 aliphatic heterocycles. The van der Waals surface area contributed by atoms with Gasteiger partial charge in [0.1, 0.15) is 4.90 Å². The summed E-state index contributed by atoms with van der Waals surface area (Å²) in [6, 6.07) is 0. The van der Waals surface area contributed by atoms with Crippen molar-refractivity contribution >= 4 is 147 Å². The van der Waals surface area contributed by atoms with Crippen molar-refractivity contribution in [1.82, 2.24) is 0 Å². The van der Waals surface area contributed by atoms with Crippen LogP contribution in [0.15, 0.2) is 53.9 Å². The highest BCUT2D eigenvalue weighted by atomic mass is 32.2. The van der Waals surface area contributed by atoms with Gasteiger partial charge >= 0.3 is 17.9 Å². The summed E-state index contributed by atoms with van der Waals surface area (Å²) in [6.07, 6.45) is 0. The van der Waals surface area contributed by atoms with E-state index in [2.05, 4.69) is 55.4 Å². The lowest BCUT2D eigenvalue weighted by Crippen LogP contribution is -2.31. The third-order valence-corrected chi connectivity index (χ3v) is 25.7. The highest BCUT2D eigenvalue weighted by Crippen LogP contribution is 2.75. The SMILES string of the molecule is CCOC(=O)CSc1c2c(c([C](c3c4c(c(SCC(=O)OCC)c5c3SC(C)(C)S5)SC(C)(C)S4)c3c4c(c(SCC(=O)OCC)c5c3SC(C)(C)S5)SC(C)(C)S4)c3c1OC(C)(C)O3)OC(C)(C)O2. The lowest BCUT2D eigenvalue weighted by Gasteiger charge is -2.30. The van der Waals surface area contributed by atoms with E-state index in [-0.39, 0.29) is 58.1 Å². The lowest BCUT2D eigenvalue weighted by molar-refractivity contribution is -0.140. The number of ether oxygens (including phenoxy) is 7. The van der Waals surface area contributed by atoms with Gasteiger partial charge in [0.25, 0.3) is 0 Å². The van der Waals surface area contributed by atoms with Crippen LogP contribution in [0.25, 0.3) is 0 Å². The maximum Gasteiger partial charge on any atom is 0.316 e. The number of rotatable bonds is 15. The minimum absolute atomic E-state index is 0.0197. The van der Waals surface area contributed by atoms with Crippen LogP contribution in [0.3, 0.4) is 0 Å². The molecule has 6 heterocycles. The number of hydrogen-bond donors (Lipinski definition) is 0. The molecule has 0 aliphatic carbocycles. The number of thioether (sulfide) groups is 11. The van der Waals surface area contributed by atoms with Crippen molar-refractivity contribution in [3.05, 3.63) is 22.6 Å². The highest BCUT2D eigenvalue weighted by Gasteiger charge is 2.54. The molecule has 0 amide bonds. The Morgan fingerprint density at radius 2 is 0.643 bits per heavy atom. The van der Waals surface area contributed by atoms with Gasteiger partial charge in [0.15, 0.2) is 23.0 Å². The molecule has 0 saturated carbocycles. The van der Waals surface area contributed by atoms with E-state index < -0.39 is 11.6 Å². The maximum atomic E-state index is 13.2. The maximum absolute atomic E-state index is 13.2. The van der Waals surface area contributed by atoms with Gasteiger partial charge in [-0.15, -0.1) is 129 Å². The molecule has 6 aliphatic rings. The average Bonchev–Trinajstić information content (AvgIpc) is 4.05. The molecule has 21 heteroatoms. The van der Waals surface area contributed by atoms with Gasteiger partial charge in [0, 0.05) is 76.6 Å². The van der Waals surface area contributed by atoms with Gasteiger partial charge < -0.3 is 33.2 Å². The van der Waals surface area contributed by atoms with E-state index in [1.165, 1.54) is 11.8 Å². The minimum Gasteiger partial charge on any atom is -0.465 e. The molecule has 10 nitrogen and oxygen atoms in total. The molecule has 379 valence electrons. The second-order valence-electron chi connectivity index (χ2n) is 19.3. The summed E-state index contributed by atoms with van der Waals surface area (Å²) in [5.41, 5.74) is 2.85. The van der Waals surface area contributed by atoms with Crippen molar-refractivity contribution in [2.24, 2.45) is 0 Å². The standard InChI is InChI=1S/C49H57O10S11/c1-16-53-22(50)19-60-37-31-29(56-44(4,5)58-31)26(30-32(37)59-45(6,7)57-30)25(27-33-40(67-46(8,9)63-33)38(61-20-23(51)54-17-2)41-34(27)64-47(10,11)68-41)28-35-42(69-48(12,13)65-35)39(62-21-24(52)55-18-3)43-36(28)66-49(14,15)70-43/h16-21H2,1-15H3. The molecule has 0 aromatic heterocycles. The van der Waals surface area contributed by atoms with Crippen LogP contribution in [-0.4, -0.2) is 82.9 Å². The fourth-order valence-corrected chi connectivity index (χ4v) is 24.0. The lowest BCUT2D eigenvalue weighted by atomic mass is 9.83. The fourth-order valence-electron chi connectivity index (χ4n) is 8.58. The summed E-state index contributed by atoms with van der Waals surface area (Å²) >= 11 is 19.1. The first kappa shape index (κ1) is 53.9. The van der Waals surface area contributed by atoms with Crippen molar-refractivity contribution in [1.29, 1.82) is 0 Å². The van der Waals surface area contributed by atoms with Gasteiger partial charge in [0.05, 0.1) is 64.9 Å². The zero-order valence-corrected chi connectivity index (χ0v) is 50.8. The molecule has 70 heavy (non-hydrogen) atoms. The summed E-state index contributed by atoms with van der Waals surface area (Å²) in [5, 5.41) is 0. The van der Waals surface area contributed by atoms with Crippen molar-refractivity contribution in [2.75, 3.05) is 37.1 Å². The highest BCUT2D eigenvalue weighted by molar-refractivity contribution is 8.23. The molecule has 0 unspecified atom stereocenters. The van der Waals surface area contributed by atoms with E-state index in [9.17, 15) is 14.4 Å². The van der Waals surface area contributed by atoms with E-state index in [0.29, 0.717) is 46.7 Å². The van der Waals surface area contributed by atoms with E-state index in [1.54, 1.807) is 30.4 Å². The number of hydrogen-bond acceptors (Lipinski definition) is 21. The Labute approximate surface area is 458 Å². The number of carbonyl (C=O) groups excluding carboxylic acids is 3.